The van der Waals surface area contributed by atoms with Crippen LogP contribution in [0.3, 0.4) is 0 Å². The van der Waals surface area contributed by atoms with E-state index in [1.807, 2.05) is 6.92 Å². The summed E-state index contributed by atoms with van der Waals surface area (Å²) >= 11 is 6.13. The molecule has 0 unspecified atom stereocenters. The van der Waals surface area contributed by atoms with Crippen molar-refractivity contribution in [3.8, 4) is 5.75 Å². The summed E-state index contributed by atoms with van der Waals surface area (Å²) in [6.07, 6.45) is 0. The van der Waals surface area contributed by atoms with Gasteiger partial charge >= 0.3 is 0 Å². The molecule has 1 heterocycles. The van der Waals surface area contributed by atoms with Crippen molar-refractivity contribution >= 4 is 17.4 Å². The highest BCUT2D eigenvalue weighted by atomic mass is 35.5. The third-order valence-electron chi connectivity index (χ3n) is 2.91. The highest BCUT2D eigenvalue weighted by Gasteiger charge is 2.11. The van der Waals surface area contributed by atoms with Crippen molar-refractivity contribution in [2.75, 3.05) is 0 Å². The Morgan fingerprint density at radius 3 is 2.60 bits per heavy atom. The quantitative estimate of drug-likeness (QED) is 0.391. The van der Waals surface area contributed by atoms with Gasteiger partial charge in [0.25, 0.3) is 0 Å². The number of nitrogens with zero attached hydrogens (tertiary/aromatic N) is 3. The first kappa shape index (κ1) is 14.2. The lowest BCUT2D eigenvalue weighted by atomic mass is 10.2. The van der Waals surface area contributed by atoms with Gasteiger partial charge in [-0.1, -0.05) is 16.8 Å². The first-order chi connectivity index (χ1) is 9.52. The predicted octanol–water partition coefficient (Wildman–Crippen LogP) is 2.06. The molecule has 0 saturated heterocycles. The summed E-state index contributed by atoms with van der Waals surface area (Å²) in [7, 11) is 1.78. The molecule has 3 N–H and O–H groups in total. The largest absolute Gasteiger partial charge is 0.489 e. The molecule has 7 heteroatoms. The van der Waals surface area contributed by atoms with Crippen molar-refractivity contribution in [1.29, 1.82) is 0 Å². The second kappa shape index (κ2) is 5.83. The highest BCUT2D eigenvalue weighted by molar-refractivity contribution is 6.30. The summed E-state index contributed by atoms with van der Waals surface area (Å²) in [5.74, 6) is 0.724. The van der Waals surface area contributed by atoms with Gasteiger partial charge in [-0.05, 0) is 31.2 Å². The van der Waals surface area contributed by atoms with Crippen molar-refractivity contribution in [2.24, 2.45) is 17.9 Å². The van der Waals surface area contributed by atoms with E-state index in [-0.39, 0.29) is 5.84 Å². The number of hydrogen-bond acceptors (Lipinski definition) is 4. The van der Waals surface area contributed by atoms with Crippen molar-refractivity contribution in [2.45, 2.75) is 13.5 Å². The van der Waals surface area contributed by atoms with Crippen LogP contribution in [0.4, 0.5) is 0 Å². The van der Waals surface area contributed by atoms with Gasteiger partial charge in [-0.2, -0.15) is 5.10 Å². The number of ether oxygens (including phenoxy) is 1. The van der Waals surface area contributed by atoms with E-state index in [1.165, 1.54) is 0 Å². The monoisotopic (exact) mass is 294 g/mol. The van der Waals surface area contributed by atoms with Crippen LogP contribution >= 0.6 is 11.6 Å². The Hall–Kier alpha value is -2.21. The minimum atomic E-state index is 0.0581. The molecular weight excluding hydrogens is 280 g/mol. The van der Waals surface area contributed by atoms with E-state index in [2.05, 4.69) is 10.3 Å². The Kier molecular flexibility index (Phi) is 4.14. The van der Waals surface area contributed by atoms with Crippen molar-refractivity contribution in [3.63, 3.8) is 0 Å². The van der Waals surface area contributed by atoms with Gasteiger partial charge in [0, 0.05) is 18.2 Å². The number of hydrogen-bond donors (Lipinski definition) is 2. The van der Waals surface area contributed by atoms with Crippen LogP contribution in [0, 0.1) is 6.92 Å². The number of aryl methyl sites for hydroxylation is 2. The van der Waals surface area contributed by atoms with Crippen LogP contribution in [-0.2, 0) is 13.7 Å². The molecule has 0 amide bonds. The minimum Gasteiger partial charge on any atom is -0.489 e. The van der Waals surface area contributed by atoms with E-state index in [9.17, 15) is 0 Å². The third-order valence-corrected chi connectivity index (χ3v) is 3.38. The topological polar surface area (TPSA) is 85.7 Å². The maximum Gasteiger partial charge on any atom is 0.170 e. The zero-order valence-corrected chi connectivity index (χ0v) is 11.9. The van der Waals surface area contributed by atoms with Crippen molar-refractivity contribution in [1.82, 2.24) is 9.78 Å². The van der Waals surface area contributed by atoms with Crippen LogP contribution in [0.25, 0.3) is 0 Å². The van der Waals surface area contributed by atoms with Gasteiger partial charge in [0.05, 0.1) is 5.69 Å². The van der Waals surface area contributed by atoms with Gasteiger partial charge in [-0.25, -0.2) is 0 Å². The lowest BCUT2D eigenvalue weighted by molar-refractivity contribution is 0.305. The van der Waals surface area contributed by atoms with Crippen LogP contribution in [0.1, 0.15) is 16.8 Å². The number of benzene rings is 1. The molecule has 20 heavy (non-hydrogen) atoms. The van der Waals surface area contributed by atoms with Crippen molar-refractivity contribution < 1.29 is 9.94 Å². The lowest BCUT2D eigenvalue weighted by Gasteiger charge is -2.07. The summed E-state index contributed by atoms with van der Waals surface area (Å²) in [5, 5.41) is 16.3. The molecule has 0 aliphatic carbocycles. The molecule has 0 bridgehead atoms. The zero-order valence-electron chi connectivity index (χ0n) is 11.2. The van der Waals surface area contributed by atoms with Gasteiger partial charge in [0.2, 0.25) is 0 Å². The molecule has 0 aliphatic heterocycles. The fourth-order valence-corrected chi connectivity index (χ4v) is 2.00. The second-order valence-corrected chi connectivity index (χ2v) is 4.63. The van der Waals surface area contributed by atoms with Crippen molar-refractivity contribution in [3.05, 3.63) is 46.2 Å². The van der Waals surface area contributed by atoms with Crippen LogP contribution < -0.4 is 10.5 Å². The highest BCUT2D eigenvalue weighted by Crippen LogP contribution is 2.21. The summed E-state index contributed by atoms with van der Waals surface area (Å²) in [5.41, 5.74) is 7.80. The first-order valence-corrected chi connectivity index (χ1v) is 6.29. The number of aromatic nitrogens is 2. The maximum atomic E-state index is 8.58. The Labute approximate surface area is 121 Å². The molecule has 2 aromatic rings. The van der Waals surface area contributed by atoms with E-state index in [1.54, 1.807) is 36.0 Å². The first-order valence-electron chi connectivity index (χ1n) is 5.91. The Balaban J connectivity index is 2.08. The number of nitrogens with two attached hydrogens (primary N) is 1. The predicted molar refractivity (Wildman–Crippen MR) is 76.2 cm³/mol. The molecule has 2 rings (SSSR count). The second-order valence-electron chi connectivity index (χ2n) is 4.28. The molecule has 0 aliphatic rings. The van der Waals surface area contributed by atoms with E-state index in [4.69, 9.17) is 27.3 Å². The third kappa shape index (κ3) is 2.85. The number of amidine groups is 1. The van der Waals surface area contributed by atoms with Crippen LogP contribution in [0.2, 0.25) is 5.15 Å². The normalized spacial score (nSPS) is 11.7. The Morgan fingerprint density at radius 1 is 1.45 bits per heavy atom. The fourth-order valence-electron chi connectivity index (χ4n) is 1.77. The van der Waals surface area contributed by atoms with Crippen LogP contribution in [0.5, 0.6) is 5.75 Å². The molecular formula is C13H15ClN4O2. The fraction of sp³-hybridized carbons (Fsp3) is 0.231. The van der Waals surface area contributed by atoms with Crippen LogP contribution in [0.15, 0.2) is 29.4 Å². The number of rotatable bonds is 4. The lowest BCUT2D eigenvalue weighted by Crippen LogP contribution is -2.12. The maximum absolute atomic E-state index is 8.58. The van der Waals surface area contributed by atoms with Gasteiger partial charge in [-0.15, -0.1) is 0 Å². The Morgan fingerprint density at radius 2 is 2.10 bits per heavy atom. The number of oxime groups is 1. The molecule has 0 spiro atoms. The summed E-state index contributed by atoms with van der Waals surface area (Å²) < 4.78 is 7.26. The van der Waals surface area contributed by atoms with Crippen LogP contribution in [-0.4, -0.2) is 20.8 Å². The van der Waals surface area contributed by atoms with Gasteiger partial charge < -0.3 is 15.7 Å². The summed E-state index contributed by atoms with van der Waals surface area (Å²) in [6, 6.07) is 6.91. The number of halogens is 1. The zero-order chi connectivity index (χ0) is 14.7. The molecule has 0 fully saturated rings. The standard InChI is InChI=1S/C13H15ClN4O2/c1-8-11(12(14)18(2)16-8)7-20-10-5-3-9(4-6-10)13(15)17-19/h3-6,19H,7H2,1-2H3,(H2,15,17). The van der Waals surface area contributed by atoms with E-state index in [0.717, 1.165) is 11.3 Å². The molecule has 106 valence electrons. The smallest absolute Gasteiger partial charge is 0.170 e. The van der Waals surface area contributed by atoms with E-state index < -0.39 is 0 Å². The molecule has 1 aromatic heterocycles. The average molecular weight is 295 g/mol. The van der Waals surface area contributed by atoms with E-state index >= 15 is 0 Å². The molecule has 0 radical (unpaired) electrons. The molecule has 0 saturated carbocycles. The Bertz CT molecular complexity index is 635. The van der Waals surface area contributed by atoms with Gasteiger partial charge in [-0.3, -0.25) is 4.68 Å². The summed E-state index contributed by atoms with van der Waals surface area (Å²) in [6.45, 7) is 2.22. The van der Waals surface area contributed by atoms with E-state index in [0.29, 0.717) is 23.1 Å². The molecule has 6 nitrogen and oxygen atoms in total. The molecule has 1 aromatic carbocycles. The summed E-state index contributed by atoms with van der Waals surface area (Å²) in [4.78, 5) is 0. The molecule has 0 atom stereocenters. The van der Waals surface area contributed by atoms with Gasteiger partial charge in [0.15, 0.2) is 5.84 Å². The SMILES string of the molecule is Cc1nn(C)c(Cl)c1COc1ccc(/C(N)=N/O)cc1. The van der Waals surface area contributed by atoms with Gasteiger partial charge in [0.1, 0.15) is 17.5 Å². The minimum absolute atomic E-state index is 0.0581. The average Bonchev–Trinajstić information content (AvgIpc) is 2.70.